The van der Waals surface area contributed by atoms with E-state index in [1.54, 1.807) is 0 Å². The van der Waals surface area contributed by atoms with Crippen molar-refractivity contribution < 1.29 is 0 Å². The number of nitrogens with one attached hydrogen (secondary N) is 2. The molecule has 0 radical (unpaired) electrons. The monoisotopic (exact) mass is 216 g/mol. The molecule has 2 nitrogen and oxygen atoms in total. The van der Waals surface area contributed by atoms with E-state index < -0.39 is 0 Å². The maximum atomic E-state index is 3.70. The average molecular weight is 216 g/mol. The van der Waals surface area contributed by atoms with Crippen molar-refractivity contribution in [2.75, 3.05) is 6.54 Å². The lowest BCUT2D eigenvalue weighted by molar-refractivity contribution is 0.459. The first-order chi connectivity index (χ1) is 7.93. The smallest absolute Gasteiger partial charge is 0.0452 e. The number of benzene rings is 1. The van der Waals surface area contributed by atoms with E-state index in [2.05, 4.69) is 34.9 Å². The summed E-state index contributed by atoms with van der Waals surface area (Å²) in [5.74, 6) is 0. The van der Waals surface area contributed by atoms with Crippen LogP contribution in [-0.4, -0.2) is 12.6 Å². The van der Waals surface area contributed by atoms with Gasteiger partial charge in [0.05, 0.1) is 0 Å². The molecule has 1 aromatic rings. The Morgan fingerprint density at radius 1 is 1.19 bits per heavy atom. The van der Waals surface area contributed by atoms with Crippen molar-refractivity contribution in [3.8, 4) is 0 Å². The molecule has 0 aromatic heterocycles. The van der Waals surface area contributed by atoms with Gasteiger partial charge >= 0.3 is 0 Å². The van der Waals surface area contributed by atoms with Crippen LogP contribution in [0.4, 0.5) is 0 Å². The molecule has 1 atom stereocenters. The SMILES string of the molecule is c1ccc2c(c1)CNC2CNC1CCCC1. The van der Waals surface area contributed by atoms with E-state index in [-0.39, 0.29) is 0 Å². The highest BCUT2D eigenvalue weighted by Crippen LogP contribution is 2.25. The third-order valence-electron chi connectivity index (χ3n) is 3.94. The number of rotatable bonds is 3. The molecule has 0 amide bonds. The van der Waals surface area contributed by atoms with Gasteiger partial charge < -0.3 is 10.6 Å². The zero-order valence-corrected chi connectivity index (χ0v) is 9.71. The minimum atomic E-state index is 0.525. The summed E-state index contributed by atoms with van der Waals surface area (Å²) in [5.41, 5.74) is 2.97. The number of hydrogen-bond donors (Lipinski definition) is 2. The third-order valence-corrected chi connectivity index (χ3v) is 3.94. The molecule has 0 saturated heterocycles. The van der Waals surface area contributed by atoms with Crippen molar-refractivity contribution in [3.05, 3.63) is 35.4 Å². The van der Waals surface area contributed by atoms with Crippen molar-refractivity contribution in [3.63, 3.8) is 0 Å². The predicted octanol–water partition coefficient (Wildman–Crippen LogP) is 2.36. The molecule has 2 heteroatoms. The van der Waals surface area contributed by atoms with E-state index in [9.17, 15) is 0 Å². The molecule has 1 aliphatic heterocycles. The number of hydrogen-bond acceptors (Lipinski definition) is 2. The summed E-state index contributed by atoms with van der Waals surface area (Å²) in [6.07, 6.45) is 5.56. The first kappa shape index (κ1) is 10.3. The van der Waals surface area contributed by atoms with Crippen molar-refractivity contribution in [2.24, 2.45) is 0 Å². The van der Waals surface area contributed by atoms with Crippen LogP contribution in [-0.2, 0) is 6.54 Å². The molecule has 1 aromatic carbocycles. The van der Waals surface area contributed by atoms with E-state index >= 15 is 0 Å². The Kier molecular flexibility index (Phi) is 2.94. The van der Waals surface area contributed by atoms with Crippen LogP contribution < -0.4 is 10.6 Å². The Balaban J connectivity index is 1.60. The summed E-state index contributed by atoms with van der Waals surface area (Å²) >= 11 is 0. The average Bonchev–Trinajstić information content (AvgIpc) is 2.96. The summed E-state index contributed by atoms with van der Waals surface area (Å²) in [6, 6.07) is 10.1. The van der Waals surface area contributed by atoms with Gasteiger partial charge in [0.15, 0.2) is 0 Å². The van der Waals surface area contributed by atoms with E-state index in [0.717, 1.165) is 19.1 Å². The fourth-order valence-electron chi connectivity index (χ4n) is 2.97. The van der Waals surface area contributed by atoms with Crippen molar-refractivity contribution >= 4 is 0 Å². The maximum Gasteiger partial charge on any atom is 0.0452 e. The lowest BCUT2D eigenvalue weighted by atomic mass is 10.0. The van der Waals surface area contributed by atoms with Gasteiger partial charge in [-0.1, -0.05) is 37.1 Å². The third kappa shape index (κ3) is 2.00. The van der Waals surface area contributed by atoms with E-state index in [1.807, 2.05) is 0 Å². The topological polar surface area (TPSA) is 24.1 Å². The molecule has 1 aliphatic carbocycles. The van der Waals surface area contributed by atoms with Crippen LogP contribution >= 0.6 is 0 Å². The molecule has 86 valence electrons. The van der Waals surface area contributed by atoms with Crippen molar-refractivity contribution in [1.82, 2.24) is 10.6 Å². The van der Waals surface area contributed by atoms with Gasteiger partial charge in [-0.05, 0) is 24.0 Å². The van der Waals surface area contributed by atoms with Gasteiger partial charge in [-0.15, -0.1) is 0 Å². The summed E-state index contributed by atoms with van der Waals surface area (Å²) in [7, 11) is 0. The molecule has 1 unspecified atom stereocenters. The lowest BCUT2D eigenvalue weighted by Gasteiger charge is -2.17. The highest BCUT2D eigenvalue weighted by molar-refractivity contribution is 5.33. The molecule has 16 heavy (non-hydrogen) atoms. The molecule has 1 saturated carbocycles. The molecular formula is C14H20N2. The van der Waals surface area contributed by atoms with Crippen LogP contribution in [0.25, 0.3) is 0 Å². The van der Waals surface area contributed by atoms with E-state index in [1.165, 1.54) is 36.8 Å². The Bertz CT molecular complexity index is 356. The molecule has 2 aliphatic rings. The van der Waals surface area contributed by atoms with E-state index in [0.29, 0.717) is 6.04 Å². The van der Waals surface area contributed by atoms with Crippen LogP contribution in [0.1, 0.15) is 42.9 Å². The zero-order valence-electron chi connectivity index (χ0n) is 9.71. The van der Waals surface area contributed by atoms with Crippen LogP contribution in [0.15, 0.2) is 24.3 Å². The van der Waals surface area contributed by atoms with Crippen LogP contribution in [0.5, 0.6) is 0 Å². The summed E-state index contributed by atoms with van der Waals surface area (Å²) in [4.78, 5) is 0. The minimum Gasteiger partial charge on any atom is -0.312 e. The second-order valence-corrected chi connectivity index (χ2v) is 5.02. The summed E-state index contributed by atoms with van der Waals surface area (Å²) in [5, 5.41) is 7.29. The van der Waals surface area contributed by atoms with Crippen molar-refractivity contribution in [1.29, 1.82) is 0 Å². The highest BCUT2D eigenvalue weighted by Gasteiger charge is 2.22. The van der Waals surface area contributed by atoms with Gasteiger partial charge in [0.25, 0.3) is 0 Å². The van der Waals surface area contributed by atoms with E-state index in [4.69, 9.17) is 0 Å². The molecular weight excluding hydrogens is 196 g/mol. The predicted molar refractivity (Wildman–Crippen MR) is 66.3 cm³/mol. The minimum absolute atomic E-state index is 0.525. The van der Waals surface area contributed by atoms with Crippen LogP contribution in [0.3, 0.4) is 0 Å². The molecule has 3 rings (SSSR count). The quantitative estimate of drug-likeness (QED) is 0.810. The Morgan fingerprint density at radius 3 is 2.88 bits per heavy atom. The molecule has 2 N–H and O–H groups in total. The molecule has 0 spiro atoms. The van der Waals surface area contributed by atoms with Crippen LogP contribution in [0.2, 0.25) is 0 Å². The van der Waals surface area contributed by atoms with Crippen molar-refractivity contribution in [2.45, 2.75) is 44.3 Å². The van der Waals surface area contributed by atoms with Gasteiger partial charge in [-0.2, -0.15) is 0 Å². The fourth-order valence-corrected chi connectivity index (χ4v) is 2.97. The fraction of sp³-hybridized carbons (Fsp3) is 0.571. The van der Waals surface area contributed by atoms with Gasteiger partial charge in [-0.3, -0.25) is 0 Å². The van der Waals surface area contributed by atoms with Gasteiger partial charge in [0.1, 0.15) is 0 Å². The van der Waals surface area contributed by atoms with Gasteiger partial charge in [-0.25, -0.2) is 0 Å². The second kappa shape index (κ2) is 4.56. The lowest BCUT2D eigenvalue weighted by Crippen LogP contribution is -2.33. The molecule has 1 fully saturated rings. The first-order valence-corrected chi connectivity index (χ1v) is 6.48. The summed E-state index contributed by atoms with van der Waals surface area (Å²) < 4.78 is 0. The maximum absolute atomic E-state index is 3.70. The van der Waals surface area contributed by atoms with Gasteiger partial charge in [0.2, 0.25) is 0 Å². The Morgan fingerprint density at radius 2 is 2.00 bits per heavy atom. The standard InChI is InChI=1S/C14H20N2/c1-4-8-13-11(5-1)9-16-14(13)10-15-12-6-2-3-7-12/h1,4-5,8,12,14-16H,2-3,6-7,9-10H2. The van der Waals surface area contributed by atoms with Gasteiger partial charge in [0, 0.05) is 25.2 Å². The van der Waals surface area contributed by atoms with Crippen LogP contribution in [0, 0.1) is 0 Å². The largest absolute Gasteiger partial charge is 0.312 e. The molecule has 0 bridgehead atoms. The normalized spacial score (nSPS) is 24.9. The Labute approximate surface area is 97.4 Å². The second-order valence-electron chi connectivity index (χ2n) is 5.02. The number of fused-ring (bicyclic) bond motifs is 1. The first-order valence-electron chi connectivity index (χ1n) is 6.48. The highest BCUT2D eigenvalue weighted by atomic mass is 15.0. The Hall–Kier alpha value is -0.860. The molecule has 1 heterocycles. The zero-order chi connectivity index (χ0) is 10.8. The summed E-state index contributed by atoms with van der Waals surface area (Å²) in [6.45, 7) is 2.12.